The zero-order chi connectivity index (χ0) is 25.5. The number of imidazole rings is 1. The molecular formula is C25H46N10O. The quantitative estimate of drug-likeness (QED) is 0.371. The van der Waals surface area contributed by atoms with Gasteiger partial charge in [0.2, 0.25) is 5.95 Å². The Kier molecular flexibility index (Phi) is 9.58. The van der Waals surface area contributed by atoms with Gasteiger partial charge < -0.3 is 30.7 Å². The van der Waals surface area contributed by atoms with Crippen molar-refractivity contribution in [3.63, 3.8) is 0 Å². The molecule has 0 spiro atoms. The molecule has 11 heteroatoms. The van der Waals surface area contributed by atoms with Gasteiger partial charge in [-0.3, -0.25) is 9.47 Å². The van der Waals surface area contributed by atoms with E-state index in [1.54, 1.807) is 0 Å². The van der Waals surface area contributed by atoms with E-state index in [2.05, 4.69) is 55.7 Å². The number of hydrogen-bond acceptors (Lipinski definition) is 9. The SMILES string of the molecule is CCCCNc1nc(N)c2[nH]c(=O)n(C(CCCN3CCN(CC)CC3)N3CCN(CC)CC3)c2n1. The first-order chi connectivity index (χ1) is 17.5. The lowest BCUT2D eigenvalue weighted by Gasteiger charge is -2.39. The third kappa shape index (κ3) is 6.37. The van der Waals surface area contributed by atoms with Gasteiger partial charge in [-0.15, -0.1) is 0 Å². The standard InChI is InChI=1S/C25H46N10O/c1-4-7-10-27-24-29-22(26)21-23(30-24)35(25(36)28-21)20(34-18-16-32(6-3)17-19-34)9-8-11-33-14-12-31(5-2)13-15-33/h20H,4-19H2,1-3H3,(H,28,36)(H3,26,27,29,30). The van der Waals surface area contributed by atoms with Crippen LogP contribution in [-0.4, -0.2) is 118 Å². The van der Waals surface area contributed by atoms with E-state index >= 15 is 0 Å². The number of rotatable bonds is 12. The Labute approximate surface area is 215 Å². The van der Waals surface area contributed by atoms with Crippen LogP contribution in [0.4, 0.5) is 11.8 Å². The number of fused-ring (bicyclic) bond motifs is 1. The largest absolute Gasteiger partial charge is 0.382 e. The molecule has 4 N–H and O–H groups in total. The fourth-order valence-electron chi connectivity index (χ4n) is 5.44. The molecule has 4 heterocycles. The van der Waals surface area contributed by atoms with Crippen LogP contribution >= 0.6 is 0 Å². The normalized spacial score (nSPS) is 19.8. The fourth-order valence-corrected chi connectivity index (χ4v) is 5.44. The van der Waals surface area contributed by atoms with Crippen LogP contribution in [0.3, 0.4) is 0 Å². The van der Waals surface area contributed by atoms with E-state index in [1.165, 1.54) is 0 Å². The topological polar surface area (TPSA) is 115 Å². The summed E-state index contributed by atoms with van der Waals surface area (Å²) >= 11 is 0. The molecule has 11 nitrogen and oxygen atoms in total. The highest BCUT2D eigenvalue weighted by molar-refractivity contribution is 5.82. The van der Waals surface area contributed by atoms with Crippen LogP contribution in [0, 0.1) is 0 Å². The molecule has 0 amide bonds. The minimum Gasteiger partial charge on any atom is -0.382 e. The van der Waals surface area contributed by atoms with Gasteiger partial charge in [0, 0.05) is 58.9 Å². The van der Waals surface area contributed by atoms with E-state index in [9.17, 15) is 4.79 Å². The Hall–Kier alpha value is -2.21. The molecule has 0 radical (unpaired) electrons. The minimum absolute atomic E-state index is 0.0556. The van der Waals surface area contributed by atoms with Gasteiger partial charge >= 0.3 is 5.69 Å². The highest BCUT2D eigenvalue weighted by Gasteiger charge is 2.29. The Morgan fingerprint density at radius 2 is 1.56 bits per heavy atom. The molecule has 1 atom stereocenters. The lowest BCUT2D eigenvalue weighted by Crippen LogP contribution is -2.50. The second-order valence-corrected chi connectivity index (χ2v) is 10.1. The molecule has 2 aliphatic rings. The summed E-state index contributed by atoms with van der Waals surface area (Å²) < 4.78 is 1.84. The number of nitrogens with one attached hydrogen (secondary N) is 2. The van der Waals surface area contributed by atoms with E-state index in [0.717, 1.165) is 104 Å². The molecule has 0 aliphatic carbocycles. The predicted octanol–water partition coefficient (Wildman–Crippen LogP) is 1.47. The number of aromatic amines is 1. The second-order valence-electron chi connectivity index (χ2n) is 10.1. The number of likely N-dealkylation sites (N-methyl/N-ethyl adjacent to an activating group) is 2. The molecule has 2 saturated heterocycles. The van der Waals surface area contributed by atoms with Crippen molar-refractivity contribution in [3.05, 3.63) is 10.5 Å². The molecule has 36 heavy (non-hydrogen) atoms. The van der Waals surface area contributed by atoms with Crippen molar-refractivity contribution in [2.45, 2.75) is 52.6 Å². The van der Waals surface area contributed by atoms with Crippen LogP contribution in [0.2, 0.25) is 0 Å². The number of hydrogen-bond donors (Lipinski definition) is 3. The van der Waals surface area contributed by atoms with Gasteiger partial charge in [0.25, 0.3) is 0 Å². The summed E-state index contributed by atoms with van der Waals surface area (Å²) in [5.41, 5.74) is 7.26. The van der Waals surface area contributed by atoms with Crippen molar-refractivity contribution in [2.24, 2.45) is 0 Å². The summed E-state index contributed by atoms with van der Waals surface area (Å²) in [7, 11) is 0. The van der Waals surface area contributed by atoms with Crippen molar-refractivity contribution in [2.75, 3.05) is 89.6 Å². The second kappa shape index (κ2) is 12.8. The molecule has 2 aromatic heterocycles. The van der Waals surface area contributed by atoms with Crippen LogP contribution in [0.25, 0.3) is 11.2 Å². The number of nitrogens with two attached hydrogens (primary N) is 1. The molecule has 0 bridgehead atoms. The monoisotopic (exact) mass is 502 g/mol. The smallest absolute Gasteiger partial charge is 0.329 e. The first kappa shape index (κ1) is 26.8. The van der Waals surface area contributed by atoms with E-state index in [4.69, 9.17) is 10.7 Å². The number of aromatic nitrogens is 4. The highest BCUT2D eigenvalue weighted by Crippen LogP contribution is 2.26. The number of nitrogen functional groups attached to an aromatic ring is 1. The van der Waals surface area contributed by atoms with Gasteiger partial charge in [-0.2, -0.15) is 9.97 Å². The lowest BCUT2D eigenvalue weighted by molar-refractivity contribution is 0.0578. The molecule has 1 unspecified atom stereocenters. The Morgan fingerprint density at radius 3 is 2.19 bits per heavy atom. The van der Waals surface area contributed by atoms with Crippen LogP contribution in [-0.2, 0) is 0 Å². The van der Waals surface area contributed by atoms with Gasteiger partial charge in [-0.1, -0.05) is 27.2 Å². The summed E-state index contributed by atoms with van der Waals surface area (Å²) in [5.74, 6) is 0.808. The van der Waals surface area contributed by atoms with E-state index in [1.807, 2.05) is 4.57 Å². The van der Waals surface area contributed by atoms with Gasteiger partial charge in [-0.05, 0) is 38.9 Å². The number of nitrogens with zero attached hydrogens (tertiary/aromatic N) is 7. The summed E-state index contributed by atoms with van der Waals surface area (Å²) in [5, 5.41) is 3.28. The Bertz CT molecular complexity index is 1000. The van der Waals surface area contributed by atoms with Gasteiger partial charge in [0.05, 0.1) is 6.17 Å². The summed E-state index contributed by atoms with van der Waals surface area (Å²) in [4.78, 5) is 35.4. The van der Waals surface area contributed by atoms with Crippen molar-refractivity contribution >= 4 is 22.9 Å². The molecule has 2 fully saturated rings. The first-order valence-corrected chi connectivity index (χ1v) is 14.0. The number of H-pyrrole nitrogens is 1. The predicted molar refractivity (Wildman–Crippen MR) is 146 cm³/mol. The average molecular weight is 503 g/mol. The van der Waals surface area contributed by atoms with E-state index < -0.39 is 0 Å². The molecule has 0 saturated carbocycles. The zero-order valence-corrected chi connectivity index (χ0v) is 22.5. The summed E-state index contributed by atoms with van der Waals surface area (Å²) in [6.07, 6.45) is 3.98. The minimum atomic E-state index is -0.156. The third-order valence-electron chi connectivity index (χ3n) is 7.83. The zero-order valence-electron chi connectivity index (χ0n) is 22.5. The average Bonchev–Trinajstić information content (AvgIpc) is 3.23. The van der Waals surface area contributed by atoms with Crippen LogP contribution in [0.5, 0.6) is 0 Å². The number of anilines is 2. The van der Waals surface area contributed by atoms with Crippen molar-refractivity contribution < 1.29 is 0 Å². The van der Waals surface area contributed by atoms with Crippen LogP contribution in [0.1, 0.15) is 52.6 Å². The van der Waals surface area contributed by atoms with Crippen molar-refractivity contribution in [1.82, 2.24) is 39.1 Å². The lowest BCUT2D eigenvalue weighted by atomic mass is 10.1. The fraction of sp³-hybridized carbons (Fsp3) is 0.800. The van der Waals surface area contributed by atoms with Gasteiger partial charge in [-0.25, -0.2) is 4.79 Å². The Morgan fingerprint density at radius 1 is 0.917 bits per heavy atom. The maximum atomic E-state index is 13.3. The third-order valence-corrected chi connectivity index (χ3v) is 7.83. The van der Waals surface area contributed by atoms with Crippen LogP contribution < -0.4 is 16.7 Å². The van der Waals surface area contributed by atoms with Crippen molar-refractivity contribution in [1.29, 1.82) is 0 Å². The number of unbranched alkanes of at least 4 members (excludes halogenated alkanes) is 1. The molecule has 0 aromatic carbocycles. The maximum Gasteiger partial charge on any atom is 0.329 e. The molecular weight excluding hydrogens is 456 g/mol. The molecule has 4 rings (SSSR count). The Balaban J connectivity index is 1.55. The van der Waals surface area contributed by atoms with Crippen molar-refractivity contribution in [3.8, 4) is 0 Å². The van der Waals surface area contributed by atoms with E-state index in [-0.39, 0.29) is 11.9 Å². The highest BCUT2D eigenvalue weighted by atomic mass is 16.1. The van der Waals surface area contributed by atoms with E-state index in [0.29, 0.717) is 22.9 Å². The van der Waals surface area contributed by atoms with Gasteiger partial charge in [0.1, 0.15) is 5.52 Å². The summed E-state index contributed by atoms with van der Waals surface area (Å²) in [6.45, 7) is 19.1. The molecule has 202 valence electrons. The molecule has 2 aliphatic heterocycles. The van der Waals surface area contributed by atoms with Gasteiger partial charge in [0.15, 0.2) is 11.5 Å². The van der Waals surface area contributed by atoms with Crippen LogP contribution in [0.15, 0.2) is 4.79 Å². The maximum absolute atomic E-state index is 13.3. The summed E-state index contributed by atoms with van der Waals surface area (Å²) in [6, 6.07) is 0. The molecule has 2 aromatic rings. The number of piperazine rings is 2. The first-order valence-electron chi connectivity index (χ1n) is 14.0.